The van der Waals surface area contributed by atoms with Crippen molar-refractivity contribution in [3.8, 4) is 0 Å². The summed E-state index contributed by atoms with van der Waals surface area (Å²) in [5.41, 5.74) is 7.98. The molecule has 0 unspecified atom stereocenters. The van der Waals surface area contributed by atoms with Crippen LogP contribution in [0, 0.1) is 6.92 Å². The molecule has 0 aromatic heterocycles. The molecule has 0 heteroatoms. The van der Waals surface area contributed by atoms with E-state index >= 15 is 0 Å². The Morgan fingerprint density at radius 1 is 1.00 bits per heavy atom. The largest absolute Gasteiger partial charge is 0.0658 e. The number of aryl methyl sites for hydroxylation is 2. The van der Waals surface area contributed by atoms with E-state index in [0.717, 1.165) is 0 Å². The Balaban J connectivity index is 2.17. The monoisotopic (exact) mass is 184 g/mol. The van der Waals surface area contributed by atoms with Crippen LogP contribution < -0.4 is 0 Å². The van der Waals surface area contributed by atoms with Crippen LogP contribution in [0.5, 0.6) is 0 Å². The predicted molar refractivity (Wildman–Crippen MR) is 60.3 cm³/mol. The highest BCUT2D eigenvalue weighted by molar-refractivity contribution is 5.75. The van der Waals surface area contributed by atoms with E-state index in [1.165, 1.54) is 37.7 Å². The van der Waals surface area contributed by atoms with Crippen molar-refractivity contribution in [1.82, 2.24) is 0 Å². The van der Waals surface area contributed by atoms with Gasteiger partial charge in [0.15, 0.2) is 0 Å². The third-order valence-corrected chi connectivity index (χ3v) is 3.39. The molecule has 1 aromatic carbocycles. The van der Waals surface area contributed by atoms with Gasteiger partial charge in [0, 0.05) is 0 Å². The number of rotatable bonds is 0. The maximum Gasteiger partial charge on any atom is -0.0190 e. The summed E-state index contributed by atoms with van der Waals surface area (Å²) in [6, 6.07) is 6.96. The van der Waals surface area contributed by atoms with Crippen LogP contribution in [0.3, 0.4) is 0 Å². The fraction of sp³-hybridized carbons (Fsp3) is 0.429. The summed E-state index contributed by atoms with van der Waals surface area (Å²) in [6.45, 7) is 2.20. The number of benzene rings is 1. The van der Waals surface area contributed by atoms with Gasteiger partial charge in [0.25, 0.3) is 0 Å². The summed E-state index contributed by atoms with van der Waals surface area (Å²) in [5.74, 6) is 0. The lowest BCUT2D eigenvalue weighted by Gasteiger charge is -2.19. The van der Waals surface area contributed by atoms with E-state index in [4.69, 9.17) is 0 Å². The molecule has 0 nitrogen and oxygen atoms in total. The zero-order chi connectivity index (χ0) is 9.54. The van der Waals surface area contributed by atoms with E-state index in [9.17, 15) is 0 Å². The van der Waals surface area contributed by atoms with Crippen molar-refractivity contribution in [1.29, 1.82) is 0 Å². The smallest absolute Gasteiger partial charge is 0.0190 e. The minimum Gasteiger partial charge on any atom is -0.0658 e. The second-order valence-electron chi connectivity index (χ2n) is 4.60. The van der Waals surface area contributed by atoms with Crippen LogP contribution in [0.25, 0.3) is 5.57 Å². The third-order valence-electron chi connectivity index (χ3n) is 3.39. The Labute approximate surface area is 85.6 Å². The highest BCUT2D eigenvalue weighted by atomic mass is 14.3. The van der Waals surface area contributed by atoms with Gasteiger partial charge in [0.1, 0.15) is 0 Å². The lowest BCUT2D eigenvalue weighted by molar-refractivity contribution is 0.820. The van der Waals surface area contributed by atoms with Crippen LogP contribution in [-0.2, 0) is 6.42 Å². The van der Waals surface area contributed by atoms with Crippen molar-refractivity contribution >= 4 is 5.57 Å². The first kappa shape index (κ1) is 8.28. The molecular weight excluding hydrogens is 168 g/mol. The second kappa shape index (κ2) is 2.98. The third kappa shape index (κ3) is 1.30. The molecular formula is C14H16. The zero-order valence-electron chi connectivity index (χ0n) is 8.77. The summed E-state index contributed by atoms with van der Waals surface area (Å²) < 4.78 is 0. The fourth-order valence-corrected chi connectivity index (χ4v) is 2.51. The first-order valence-corrected chi connectivity index (χ1v) is 5.65. The maximum absolute atomic E-state index is 2.38. The van der Waals surface area contributed by atoms with Crippen molar-refractivity contribution < 1.29 is 0 Å². The molecule has 0 aliphatic heterocycles. The van der Waals surface area contributed by atoms with Gasteiger partial charge >= 0.3 is 0 Å². The van der Waals surface area contributed by atoms with E-state index in [2.05, 4.69) is 25.1 Å². The van der Waals surface area contributed by atoms with E-state index in [1.54, 1.807) is 22.3 Å². The molecule has 14 heavy (non-hydrogen) atoms. The predicted octanol–water partition coefficient (Wildman–Crippen LogP) is 3.88. The summed E-state index contributed by atoms with van der Waals surface area (Å²) in [7, 11) is 0. The lowest BCUT2D eigenvalue weighted by atomic mass is 9.86. The van der Waals surface area contributed by atoms with Crippen LogP contribution in [0.15, 0.2) is 23.8 Å². The molecule has 2 aliphatic rings. The number of fused-ring (bicyclic) bond motifs is 1. The van der Waals surface area contributed by atoms with Crippen molar-refractivity contribution in [2.24, 2.45) is 0 Å². The highest BCUT2D eigenvalue weighted by Gasteiger charge is 2.22. The van der Waals surface area contributed by atoms with Crippen LogP contribution in [0.1, 0.15) is 42.4 Å². The van der Waals surface area contributed by atoms with E-state index in [1.807, 2.05) is 0 Å². The molecule has 1 fully saturated rings. The molecule has 0 atom stereocenters. The summed E-state index contributed by atoms with van der Waals surface area (Å²) >= 11 is 0. The van der Waals surface area contributed by atoms with Gasteiger partial charge in [-0.15, -0.1) is 0 Å². The molecule has 0 saturated heterocycles. The number of hydrogen-bond donors (Lipinski definition) is 0. The van der Waals surface area contributed by atoms with E-state index in [-0.39, 0.29) is 0 Å². The van der Waals surface area contributed by atoms with Crippen LogP contribution in [-0.4, -0.2) is 0 Å². The Kier molecular flexibility index (Phi) is 1.76. The van der Waals surface area contributed by atoms with Gasteiger partial charge in [-0.05, 0) is 55.7 Å². The first-order chi connectivity index (χ1) is 6.84. The minimum atomic E-state index is 1.28. The Morgan fingerprint density at radius 2 is 1.86 bits per heavy atom. The zero-order valence-corrected chi connectivity index (χ0v) is 8.77. The molecule has 0 bridgehead atoms. The normalized spacial score (nSPS) is 19.5. The Hall–Kier alpha value is -1.04. The molecule has 3 rings (SSSR count). The molecule has 72 valence electrons. The van der Waals surface area contributed by atoms with Gasteiger partial charge in [0.2, 0.25) is 0 Å². The molecule has 0 N–H and O–H groups in total. The summed E-state index contributed by atoms with van der Waals surface area (Å²) in [5, 5.41) is 0. The van der Waals surface area contributed by atoms with Gasteiger partial charge < -0.3 is 0 Å². The highest BCUT2D eigenvalue weighted by Crippen LogP contribution is 2.42. The number of allylic oxidation sites excluding steroid dienone is 2. The molecule has 1 saturated carbocycles. The van der Waals surface area contributed by atoms with Gasteiger partial charge in [-0.3, -0.25) is 0 Å². The van der Waals surface area contributed by atoms with Gasteiger partial charge in [-0.2, -0.15) is 0 Å². The quantitative estimate of drug-likeness (QED) is 0.574. The van der Waals surface area contributed by atoms with Crippen LogP contribution in [0.2, 0.25) is 0 Å². The Morgan fingerprint density at radius 3 is 2.64 bits per heavy atom. The molecule has 0 amide bonds. The summed E-state index contributed by atoms with van der Waals surface area (Å²) in [4.78, 5) is 0. The molecule has 0 spiro atoms. The topological polar surface area (TPSA) is 0 Å². The average molecular weight is 184 g/mol. The maximum atomic E-state index is 2.38. The van der Waals surface area contributed by atoms with Gasteiger partial charge in [0.05, 0.1) is 0 Å². The average Bonchev–Trinajstić information content (AvgIpc) is 3.00. The molecule has 2 aliphatic carbocycles. The van der Waals surface area contributed by atoms with Crippen molar-refractivity contribution in [3.63, 3.8) is 0 Å². The van der Waals surface area contributed by atoms with Crippen molar-refractivity contribution in [2.75, 3.05) is 0 Å². The lowest BCUT2D eigenvalue weighted by Crippen LogP contribution is -2.02. The first-order valence-electron chi connectivity index (χ1n) is 5.65. The van der Waals surface area contributed by atoms with Crippen molar-refractivity contribution in [2.45, 2.75) is 39.0 Å². The second-order valence-corrected chi connectivity index (χ2v) is 4.60. The van der Waals surface area contributed by atoms with Crippen LogP contribution >= 0.6 is 0 Å². The molecule has 0 radical (unpaired) electrons. The van der Waals surface area contributed by atoms with Gasteiger partial charge in [-0.25, -0.2) is 0 Å². The van der Waals surface area contributed by atoms with Crippen molar-refractivity contribution in [3.05, 3.63) is 40.5 Å². The molecule has 1 aromatic rings. The number of hydrogen-bond acceptors (Lipinski definition) is 0. The van der Waals surface area contributed by atoms with Crippen LogP contribution in [0.4, 0.5) is 0 Å². The standard InChI is InChI=1S/C14H16/c1-10-5-6-11-3-2-4-13(12-7-8-12)14(11)9-10/h5-6,9H,2-4,7-8H2,1H3. The SMILES string of the molecule is Cc1ccc2c(c1)C(=C1CC1)CCC2. The fourth-order valence-electron chi connectivity index (χ4n) is 2.51. The molecule has 0 heterocycles. The minimum absolute atomic E-state index is 1.28. The summed E-state index contributed by atoms with van der Waals surface area (Å²) in [6.07, 6.45) is 6.69. The van der Waals surface area contributed by atoms with E-state index in [0.29, 0.717) is 0 Å². The Bertz CT molecular complexity index is 404. The van der Waals surface area contributed by atoms with Gasteiger partial charge in [-0.1, -0.05) is 29.3 Å². The van der Waals surface area contributed by atoms with E-state index < -0.39 is 0 Å².